The Morgan fingerprint density at radius 3 is 2.95 bits per heavy atom. The van der Waals surface area contributed by atoms with Crippen LogP contribution < -0.4 is 10.1 Å². The second-order valence-electron chi connectivity index (χ2n) is 4.08. The van der Waals surface area contributed by atoms with Gasteiger partial charge in [0.25, 0.3) is 5.91 Å². The fourth-order valence-electron chi connectivity index (χ4n) is 1.77. The minimum Gasteiger partial charge on any atom is -0.467 e. The molecular weight excluding hydrogens is 272 g/mol. The van der Waals surface area contributed by atoms with Crippen LogP contribution >= 0.6 is 11.6 Å². The number of ether oxygens (including phenoxy) is 1. The number of hydrogen-bond acceptors (Lipinski definition) is 6. The van der Waals surface area contributed by atoms with E-state index >= 15 is 0 Å². The number of methoxy groups -OCH3 is 1. The standard InChI is InChI=1S/C11H13ClN4O3/c1-16-8(17)4-3-7(10(16)18)14-9-6(12)5-13-11(15-9)19-2/h5,7H,3-4H2,1-2H3,(H,13,14,15). The van der Waals surface area contributed by atoms with Crippen LogP contribution in [0.25, 0.3) is 0 Å². The fourth-order valence-corrected chi connectivity index (χ4v) is 1.91. The topological polar surface area (TPSA) is 84.4 Å². The monoisotopic (exact) mass is 284 g/mol. The molecule has 1 atom stereocenters. The molecule has 2 heterocycles. The first kappa shape index (κ1) is 13.5. The Morgan fingerprint density at radius 1 is 1.53 bits per heavy atom. The van der Waals surface area contributed by atoms with Crippen molar-refractivity contribution in [2.75, 3.05) is 19.5 Å². The Balaban J connectivity index is 2.17. The third kappa shape index (κ3) is 2.76. The van der Waals surface area contributed by atoms with Crippen LogP contribution in [-0.4, -0.2) is 46.9 Å². The van der Waals surface area contributed by atoms with Gasteiger partial charge in [-0.05, 0) is 6.42 Å². The van der Waals surface area contributed by atoms with Crippen molar-refractivity contribution in [1.82, 2.24) is 14.9 Å². The summed E-state index contributed by atoms with van der Waals surface area (Å²) in [5, 5.41) is 3.20. The van der Waals surface area contributed by atoms with E-state index in [0.717, 1.165) is 4.90 Å². The van der Waals surface area contributed by atoms with Crippen molar-refractivity contribution >= 4 is 29.2 Å². The molecule has 0 aliphatic carbocycles. The zero-order valence-corrected chi connectivity index (χ0v) is 11.3. The average Bonchev–Trinajstić information content (AvgIpc) is 2.41. The first-order chi connectivity index (χ1) is 9.02. The number of nitrogens with zero attached hydrogens (tertiary/aromatic N) is 3. The molecule has 8 heteroatoms. The summed E-state index contributed by atoms with van der Waals surface area (Å²) < 4.78 is 4.89. The normalized spacial score (nSPS) is 19.5. The fraction of sp³-hybridized carbons (Fsp3) is 0.455. The van der Waals surface area contributed by atoms with E-state index in [4.69, 9.17) is 16.3 Å². The highest BCUT2D eigenvalue weighted by Crippen LogP contribution is 2.23. The highest BCUT2D eigenvalue weighted by atomic mass is 35.5. The number of anilines is 1. The van der Waals surface area contributed by atoms with Crippen molar-refractivity contribution in [2.45, 2.75) is 18.9 Å². The summed E-state index contributed by atoms with van der Waals surface area (Å²) in [5.41, 5.74) is 0. The molecule has 2 amide bonds. The minimum atomic E-state index is -0.528. The number of aromatic nitrogens is 2. The smallest absolute Gasteiger partial charge is 0.318 e. The van der Waals surface area contributed by atoms with Crippen LogP contribution in [-0.2, 0) is 9.59 Å². The largest absolute Gasteiger partial charge is 0.467 e. The average molecular weight is 285 g/mol. The number of piperidine rings is 1. The van der Waals surface area contributed by atoms with Crippen molar-refractivity contribution in [3.05, 3.63) is 11.2 Å². The summed E-state index contributed by atoms with van der Waals surface area (Å²) in [7, 11) is 2.89. The molecule has 0 bridgehead atoms. The van der Waals surface area contributed by atoms with E-state index in [1.807, 2.05) is 0 Å². The number of halogens is 1. The Labute approximate surface area is 114 Å². The molecule has 1 saturated heterocycles. The Kier molecular flexibility index (Phi) is 3.84. The number of rotatable bonds is 3. The van der Waals surface area contributed by atoms with Gasteiger partial charge < -0.3 is 10.1 Å². The maximum Gasteiger partial charge on any atom is 0.318 e. The van der Waals surface area contributed by atoms with Gasteiger partial charge in [-0.25, -0.2) is 4.98 Å². The lowest BCUT2D eigenvalue weighted by atomic mass is 10.0. The predicted molar refractivity (Wildman–Crippen MR) is 68.0 cm³/mol. The Bertz CT molecular complexity index is 523. The van der Waals surface area contributed by atoms with Crippen LogP contribution in [0.1, 0.15) is 12.8 Å². The van der Waals surface area contributed by atoms with Gasteiger partial charge in [-0.2, -0.15) is 4.98 Å². The van der Waals surface area contributed by atoms with Gasteiger partial charge in [0.05, 0.1) is 13.3 Å². The van der Waals surface area contributed by atoms with Crippen molar-refractivity contribution in [3.8, 4) is 6.01 Å². The highest BCUT2D eigenvalue weighted by molar-refractivity contribution is 6.32. The lowest BCUT2D eigenvalue weighted by Crippen LogP contribution is -2.48. The summed E-state index contributed by atoms with van der Waals surface area (Å²) in [6, 6.07) is -0.376. The molecule has 1 aromatic heterocycles. The maximum absolute atomic E-state index is 11.9. The molecule has 2 rings (SSSR count). The summed E-state index contributed by atoms with van der Waals surface area (Å²) >= 11 is 5.95. The van der Waals surface area contributed by atoms with E-state index in [9.17, 15) is 9.59 Å². The molecule has 0 aromatic carbocycles. The second kappa shape index (κ2) is 5.40. The quantitative estimate of drug-likeness (QED) is 0.823. The van der Waals surface area contributed by atoms with Crippen molar-refractivity contribution < 1.29 is 14.3 Å². The summed E-state index contributed by atoms with van der Waals surface area (Å²) in [6.45, 7) is 0. The molecule has 0 radical (unpaired) electrons. The van der Waals surface area contributed by atoms with E-state index in [1.165, 1.54) is 20.4 Å². The minimum absolute atomic E-state index is 0.152. The molecule has 1 fully saturated rings. The second-order valence-corrected chi connectivity index (χ2v) is 4.49. The number of likely N-dealkylation sites (tertiary alicyclic amines) is 1. The molecule has 7 nitrogen and oxygen atoms in total. The molecular formula is C11H13ClN4O3. The number of hydrogen-bond donors (Lipinski definition) is 1. The third-order valence-corrected chi connectivity index (χ3v) is 3.14. The number of amides is 2. The lowest BCUT2D eigenvalue weighted by molar-refractivity contribution is -0.146. The van der Waals surface area contributed by atoms with Gasteiger partial charge in [0.1, 0.15) is 11.1 Å². The van der Waals surface area contributed by atoms with Gasteiger partial charge in [-0.3, -0.25) is 14.5 Å². The van der Waals surface area contributed by atoms with Crippen molar-refractivity contribution in [2.24, 2.45) is 0 Å². The molecule has 1 aliphatic rings. The van der Waals surface area contributed by atoms with Gasteiger partial charge in [0.15, 0.2) is 5.82 Å². The molecule has 1 unspecified atom stereocenters. The molecule has 1 aliphatic heterocycles. The molecule has 0 spiro atoms. The zero-order valence-electron chi connectivity index (χ0n) is 10.5. The van der Waals surface area contributed by atoms with Crippen LogP contribution in [0, 0.1) is 0 Å². The van der Waals surface area contributed by atoms with E-state index in [-0.39, 0.29) is 22.8 Å². The van der Waals surface area contributed by atoms with Crippen LogP contribution in [0.5, 0.6) is 6.01 Å². The van der Waals surface area contributed by atoms with Crippen LogP contribution in [0.3, 0.4) is 0 Å². The van der Waals surface area contributed by atoms with E-state index < -0.39 is 6.04 Å². The molecule has 19 heavy (non-hydrogen) atoms. The Morgan fingerprint density at radius 2 is 2.26 bits per heavy atom. The number of likely N-dealkylation sites (N-methyl/N-ethyl adjacent to an activating group) is 1. The van der Waals surface area contributed by atoms with Gasteiger partial charge in [0, 0.05) is 13.5 Å². The molecule has 1 aromatic rings. The van der Waals surface area contributed by atoms with Crippen LogP contribution in [0.4, 0.5) is 5.82 Å². The zero-order chi connectivity index (χ0) is 14.0. The summed E-state index contributed by atoms with van der Waals surface area (Å²) in [4.78, 5) is 32.3. The Hall–Kier alpha value is -1.89. The van der Waals surface area contributed by atoms with Gasteiger partial charge >= 0.3 is 6.01 Å². The number of nitrogens with one attached hydrogen (secondary N) is 1. The molecule has 1 N–H and O–H groups in total. The van der Waals surface area contributed by atoms with Crippen molar-refractivity contribution in [1.29, 1.82) is 0 Å². The molecule has 0 saturated carbocycles. The van der Waals surface area contributed by atoms with Crippen LogP contribution in [0.2, 0.25) is 5.02 Å². The highest BCUT2D eigenvalue weighted by Gasteiger charge is 2.32. The predicted octanol–water partition coefficient (Wildman–Crippen LogP) is 0.698. The van der Waals surface area contributed by atoms with Crippen molar-refractivity contribution in [3.63, 3.8) is 0 Å². The summed E-state index contributed by atoms with van der Waals surface area (Å²) in [5.74, 6) is -0.172. The van der Waals surface area contributed by atoms with E-state index in [0.29, 0.717) is 18.7 Å². The maximum atomic E-state index is 11.9. The van der Waals surface area contributed by atoms with Gasteiger partial charge in [-0.15, -0.1) is 0 Å². The van der Waals surface area contributed by atoms with E-state index in [2.05, 4.69) is 15.3 Å². The van der Waals surface area contributed by atoms with E-state index in [1.54, 1.807) is 0 Å². The first-order valence-electron chi connectivity index (χ1n) is 5.66. The molecule has 102 valence electrons. The lowest BCUT2D eigenvalue weighted by Gasteiger charge is -2.28. The third-order valence-electron chi connectivity index (χ3n) is 2.87. The van der Waals surface area contributed by atoms with Gasteiger partial charge in [-0.1, -0.05) is 11.6 Å². The van der Waals surface area contributed by atoms with Gasteiger partial charge in [0.2, 0.25) is 5.91 Å². The first-order valence-corrected chi connectivity index (χ1v) is 6.04. The number of carbonyl (C=O) groups excluding carboxylic acids is 2. The summed E-state index contributed by atoms with van der Waals surface area (Å²) in [6.07, 6.45) is 2.10. The number of imide groups is 1. The number of carbonyl (C=O) groups is 2. The SMILES string of the molecule is COc1ncc(Cl)c(NC2CCC(=O)N(C)C2=O)n1. The van der Waals surface area contributed by atoms with Crippen LogP contribution in [0.15, 0.2) is 6.20 Å².